The van der Waals surface area contributed by atoms with Crippen LogP contribution in [-0.4, -0.2) is 22.2 Å². The number of phenols is 1. The number of carbonyl (C=O) groups excluding carboxylic acids is 1. The maximum Gasteiger partial charge on any atom is 0.340 e. The van der Waals surface area contributed by atoms with Crippen molar-refractivity contribution in [3.8, 4) is 11.4 Å². The maximum absolute atomic E-state index is 12.3. The Bertz CT molecular complexity index is 834. The number of para-hydroxylation sites is 1. The molecule has 0 unspecified atom stereocenters. The molecule has 4 heteroatoms. The lowest BCUT2D eigenvalue weighted by atomic mass is 10.1. The fourth-order valence-corrected chi connectivity index (χ4v) is 2.81. The van der Waals surface area contributed by atoms with E-state index in [0.29, 0.717) is 17.6 Å². The zero-order valence-corrected chi connectivity index (χ0v) is 12.5. The standard InChI is InChI=1S/C18H17NO3/c1-3-22-18(21)16-12(2)19(13-8-5-4-6-9-13)14-10-7-11-15(20)17(14)16/h4-11,20H,3H2,1-2H3. The Morgan fingerprint density at radius 1 is 1.14 bits per heavy atom. The van der Waals surface area contributed by atoms with Crippen LogP contribution in [0.25, 0.3) is 16.6 Å². The summed E-state index contributed by atoms with van der Waals surface area (Å²) in [6, 6.07) is 15.0. The number of hydrogen-bond donors (Lipinski definition) is 1. The molecule has 3 rings (SSSR count). The van der Waals surface area contributed by atoms with E-state index < -0.39 is 5.97 Å². The summed E-state index contributed by atoms with van der Waals surface area (Å²) in [6.07, 6.45) is 0. The summed E-state index contributed by atoms with van der Waals surface area (Å²) < 4.78 is 7.12. The molecular formula is C18H17NO3. The Morgan fingerprint density at radius 3 is 2.55 bits per heavy atom. The molecule has 1 N–H and O–H groups in total. The van der Waals surface area contributed by atoms with Gasteiger partial charge in [-0.3, -0.25) is 0 Å². The van der Waals surface area contributed by atoms with E-state index in [9.17, 15) is 9.90 Å². The van der Waals surface area contributed by atoms with Gasteiger partial charge in [-0.2, -0.15) is 0 Å². The Hall–Kier alpha value is -2.75. The summed E-state index contributed by atoms with van der Waals surface area (Å²) in [5.41, 5.74) is 2.89. The second-order valence-corrected chi connectivity index (χ2v) is 5.02. The molecule has 112 valence electrons. The van der Waals surface area contributed by atoms with Crippen molar-refractivity contribution in [1.29, 1.82) is 0 Å². The SMILES string of the molecule is CCOC(=O)c1c(C)n(-c2ccccc2)c2cccc(O)c12. The highest BCUT2D eigenvalue weighted by molar-refractivity contribution is 6.08. The molecule has 0 atom stereocenters. The zero-order chi connectivity index (χ0) is 15.7. The average Bonchev–Trinajstić information content (AvgIpc) is 2.82. The molecule has 0 aliphatic heterocycles. The highest BCUT2D eigenvalue weighted by Crippen LogP contribution is 2.35. The van der Waals surface area contributed by atoms with E-state index in [2.05, 4.69) is 0 Å². The van der Waals surface area contributed by atoms with Gasteiger partial charge in [0.2, 0.25) is 0 Å². The smallest absolute Gasteiger partial charge is 0.340 e. The number of benzene rings is 2. The van der Waals surface area contributed by atoms with E-state index >= 15 is 0 Å². The molecule has 22 heavy (non-hydrogen) atoms. The topological polar surface area (TPSA) is 51.5 Å². The van der Waals surface area contributed by atoms with Crippen LogP contribution in [-0.2, 0) is 4.74 Å². The number of hydrogen-bond acceptors (Lipinski definition) is 3. The number of aromatic nitrogens is 1. The summed E-state index contributed by atoms with van der Waals surface area (Å²) in [7, 11) is 0. The van der Waals surface area contributed by atoms with Crippen molar-refractivity contribution in [3.05, 3.63) is 59.8 Å². The predicted octanol–water partition coefficient (Wildman–Crippen LogP) is 3.82. The van der Waals surface area contributed by atoms with Gasteiger partial charge in [-0.1, -0.05) is 24.3 Å². The monoisotopic (exact) mass is 295 g/mol. The van der Waals surface area contributed by atoms with Crippen molar-refractivity contribution in [2.24, 2.45) is 0 Å². The molecule has 0 saturated heterocycles. The summed E-state index contributed by atoms with van der Waals surface area (Å²) in [5, 5.41) is 10.8. The first-order valence-corrected chi connectivity index (χ1v) is 7.20. The first-order valence-electron chi connectivity index (χ1n) is 7.20. The molecule has 0 aliphatic rings. The quantitative estimate of drug-likeness (QED) is 0.747. The van der Waals surface area contributed by atoms with Crippen LogP contribution in [0.2, 0.25) is 0 Å². The summed E-state index contributed by atoms with van der Waals surface area (Å²) >= 11 is 0. The minimum absolute atomic E-state index is 0.0818. The van der Waals surface area contributed by atoms with E-state index in [4.69, 9.17) is 4.74 Å². The fourth-order valence-electron chi connectivity index (χ4n) is 2.81. The fraction of sp³-hybridized carbons (Fsp3) is 0.167. The number of carbonyl (C=O) groups is 1. The molecule has 4 nitrogen and oxygen atoms in total. The lowest BCUT2D eigenvalue weighted by Gasteiger charge is -2.08. The Morgan fingerprint density at radius 2 is 1.86 bits per heavy atom. The normalized spacial score (nSPS) is 10.8. The van der Waals surface area contributed by atoms with Gasteiger partial charge < -0.3 is 14.4 Å². The van der Waals surface area contributed by atoms with Crippen molar-refractivity contribution < 1.29 is 14.6 Å². The minimum atomic E-state index is -0.416. The Labute approximate surface area is 128 Å². The Kier molecular flexibility index (Phi) is 3.59. The van der Waals surface area contributed by atoms with E-state index in [1.807, 2.05) is 47.9 Å². The number of rotatable bonds is 3. The van der Waals surface area contributed by atoms with Gasteiger partial charge in [-0.05, 0) is 38.1 Å². The van der Waals surface area contributed by atoms with Gasteiger partial charge in [0.1, 0.15) is 5.75 Å². The molecule has 3 aromatic rings. The van der Waals surface area contributed by atoms with E-state index in [0.717, 1.165) is 16.9 Å². The molecule has 0 radical (unpaired) electrons. The second-order valence-electron chi connectivity index (χ2n) is 5.02. The molecule has 1 aromatic heterocycles. The third-order valence-electron chi connectivity index (χ3n) is 3.70. The number of aromatic hydroxyl groups is 1. The lowest BCUT2D eigenvalue weighted by Crippen LogP contribution is -2.07. The number of phenolic OH excluding ortho intramolecular Hbond substituents is 1. The van der Waals surface area contributed by atoms with Gasteiger partial charge in [0, 0.05) is 11.4 Å². The third kappa shape index (κ3) is 2.13. The van der Waals surface area contributed by atoms with Crippen LogP contribution in [0.5, 0.6) is 5.75 Å². The van der Waals surface area contributed by atoms with Crippen LogP contribution < -0.4 is 0 Å². The van der Waals surface area contributed by atoms with Crippen molar-refractivity contribution in [1.82, 2.24) is 4.57 Å². The van der Waals surface area contributed by atoms with Crippen LogP contribution in [0.15, 0.2) is 48.5 Å². The second kappa shape index (κ2) is 5.56. The van der Waals surface area contributed by atoms with Gasteiger partial charge in [0.25, 0.3) is 0 Å². The predicted molar refractivity (Wildman–Crippen MR) is 85.6 cm³/mol. The van der Waals surface area contributed by atoms with Gasteiger partial charge in [0.05, 0.1) is 23.1 Å². The van der Waals surface area contributed by atoms with E-state index in [1.54, 1.807) is 19.1 Å². The van der Waals surface area contributed by atoms with Crippen LogP contribution >= 0.6 is 0 Å². The van der Waals surface area contributed by atoms with Gasteiger partial charge in [-0.15, -0.1) is 0 Å². The molecule has 0 bridgehead atoms. The molecule has 1 heterocycles. The van der Waals surface area contributed by atoms with Crippen LogP contribution in [0, 0.1) is 6.92 Å². The Balaban J connectivity index is 2.37. The van der Waals surface area contributed by atoms with Crippen LogP contribution in [0.1, 0.15) is 23.0 Å². The zero-order valence-electron chi connectivity index (χ0n) is 12.5. The van der Waals surface area contributed by atoms with Gasteiger partial charge >= 0.3 is 5.97 Å². The first kappa shape index (κ1) is 14.2. The van der Waals surface area contributed by atoms with Crippen molar-refractivity contribution >= 4 is 16.9 Å². The van der Waals surface area contributed by atoms with Gasteiger partial charge in [0.15, 0.2) is 0 Å². The minimum Gasteiger partial charge on any atom is -0.507 e. The third-order valence-corrected chi connectivity index (χ3v) is 3.70. The first-order chi connectivity index (χ1) is 10.6. The molecule has 2 aromatic carbocycles. The number of fused-ring (bicyclic) bond motifs is 1. The van der Waals surface area contributed by atoms with Crippen molar-refractivity contribution in [2.45, 2.75) is 13.8 Å². The largest absolute Gasteiger partial charge is 0.507 e. The maximum atomic E-state index is 12.3. The highest BCUT2D eigenvalue weighted by atomic mass is 16.5. The molecule has 0 fully saturated rings. The van der Waals surface area contributed by atoms with Gasteiger partial charge in [-0.25, -0.2) is 4.79 Å². The molecule has 0 amide bonds. The van der Waals surface area contributed by atoms with Crippen LogP contribution in [0.4, 0.5) is 0 Å². The lowest BCUT2D eigenvalue weighted by molar-refractivity contribution is 0.0527. The molecular weight excluding hydrogens is 278 g/mol. The highest BCUT2D eigenvalue weighted by Gasteiger charge is 2.23. The summed E-state index contributed by atoms with van der Waals surface area (Å²) in [6.45, 7) is 3.92. The molecule has 0 spiro atoms. The number of nitrogens with zero attached hydrogens (tertiary/aromatic N) is 1. The average molecular weight is 295 g/mol. The molecule has 0 aliphatic carbocycles. The number of ether oxygens (including phenoxy) is 1. The van der Waals surface area contributed by atoms with E-state index in [1.165, 1.54) is 0 Å². The van der Waals surface area contributed by atoms with Crippen molar-refractivity contribution in [3.63, 3.8) is 0 Å². The van der Waals surface area contributed by atoms with Crippen molar-refractivity contribution in [2.75, 3.05) is 6.61 Å². The number of esters is 1. The molecule has 0 saturated carbocycles. The van der Waals surface area contributed by atoms with Crippen LogP contribution in [0.3, 0.4) is 0 Å². The van der Waals surface area contributed by atoms with E-state index in [-0.39, 0.29) is 5.75 Å². The summed E-state index contributed by atoms with van der Waals surface area (Å²) in [5.74, 6) is -0.334. The summed E-state index contributed by atoms with van der Waals surface area (Å²) in [4.78, 5) is 12.3.